The number of hydrogen-bond donors (Lipinski definition) is 2. The highest BCUT2D eigenvalue weighted by Crippen LogP contribution is 2.21. The molecule has 0 spiro atoms. The second-order valence-electron chi connectivity index (χ2n) is 7.29. The fourth-order valence-electron chi connectivity index (χ4n) is 2.06. The average Bonchev–Trinajstić information content (AvgIpc) is 2.37. The number of carbonyl (C=O) groups excluding carboxylic acids is 1. The Morgan fingerprint density at radius 2 is 1.57 bits per heavy atom. The molecule has 0 aliphatic carbocycles. The minimum absolute atomic E-state index is 0.00545. The molecule has 118 valence electrons. The molecule has 1 aromatic rings. The molecule has 0 fully saturated rings. The molecule has 0 saturated heterocycles. The van der Waals surface area contributed by atoms with E-state index in [-0.39, 0.29) is 23.4 Å². The summed E-state index contributed by atoms with van der Waals surface area (Å²) in [7, 11) is 0. The molecule has 3 N–H and O–H groups in total. The van der Waals surface area contributed by atoms with E-state index in [0.29, 0.717) is 12.3 Å². The molecule has 2 unspecified atom stereocenters. The van der Waals surface area contributed by atoms with E-state index < -0.39 is 0 Å². The van der Waals surface area contributed by atoms with Crippen LogP contribution in [0.3, 0.4) is 0 Å². The largest absolute Gasteiger partial charge is 0.350 e. The minimum Gasteiger partial charge on any atom is -0.350 e. The van der Waals surface area contributed by atoms with Crippen molar-refractivity contribution in [2.45, 2.75) is 66.0 Å². The molecule has 1 rings (SSSR count). The monoisotopic (exact) mass is 290 g/mol. The second kappa shape index (κ2) is 7.08. The molecule has 0 radical (unpaired) electrons. The minimum atomic E-state index is -0.131. The molecule has 3 heteroatoms. The molecule has 0 aliphatic heterocycles. The van der Waals surface area contributed by atoms with E-state index in [1.807, 2.05) is 6.92 Å². The Morgan fingerprint density at radius 1 is 1.10 bits per heavy atom. The van der Waals surface area contributed by atoms with Gasteiger partial charge < -0.3 is 11.1 Å². The number of hydrogen-bond acceptors (Lipinski definition) is 2. The van der Waals surface area contributed by atoms with Crippen molar-refractivity contribution in [3.63, 3.8) is 0 Å². The van der Waals surface area contributed by atoms with Gasteiger partial charge in [-0.05, 0) is 29.4 Å². The highest BCUT2D eigenvalue weighted by atomic mass is 16.1. The van der Waals surface area contributed by atoms with Gasteiger partial charge in [-0.3, -0.25) is 4.79 Å². The molecule has 0 aromatic heterocycles. The van der Waals surface area contributed by atoms with E-state index in [9.17, 15) is 4.79 Å². The van der Waals surface area contributed by atoms with Crippen molar-refractivity contribution in [3.05, 3.63) is 35.4 Å². The Hall–Kier alpha value is -1.35. The van der Waals surface area contributed by atoms with Gasteiger partial charge in [0.25, 0.3) is 0 Å². The lowest BCUT2D eigenvalue weighted by molar-refractivity contribution is -0.122. The van der Waals surface area contributed by atoms with Crippen LogP contribution in [-0.2, 0) is 4.79 Å². The first-order valence-corrected chi connectivity index (χ1v) is 7.76. The molecule has 1 aromatic carbocycles. The fourth-order valence-corrected chi connectivity index (χ4v) is 2.06. The first-order chi connectivity index (χ1) is 9.61. The lowest BCUT2D eigenvalue weighted by atomic mass is 9.85. The zero-order valence-electron chi connectivity index (χ0n) is 14.2. The van der Waals surface area contributed by atoms with Crippen LogP contribution < -0.4 is 11.1 Å². The topological polar surface area (TPSA) is 55.1 Å². The van der Waals surface area contributed by atoms with Gasteiger partial charge in [-0.15, -0.1) is 0 Å². The second-order valence-corrected chi connectivity index (χ2v) is 7.29. The van der Waals surface area contributed by atoms with Crippen LogP contribution in [0.1, 0.15) is 71.0 Å². The maximum absolute atomic E-state index is 12.1. The molecule has 0 bridgehead atoms. The van der Waals surface area contributed by atoms with Crippen molar-refractivity contribution in [3.8, 4) is 0 Å². The first kappa shape index (κ1) is 17.7. The van der Waals surface area contributed by atoms with Crippen LogP contribution in [-0.4, -0.2) is 11.9 Å². The van der Waals surface area contributed by atoms with Gasteiger partial charge >= 0.3 is 0 Å². The molecule has 21 heavy (non-hydrogen) atoms. The summed E-state index contributed by atoms with van der Waals surface area (Å²) in [6.07, 6.45) is 0.359. The van der Waals surface area contributed by atoms with Gasteiger partial charge in [0.15, 0.2) is 0 Å². The summed E-state index contributed by atoms with van der Waals surface area (Å²) in [5.74, 6) is 0.534. The summed E-state index contributed by atoms with van der Waals surface area (Å²) in [4.78, 5) is 12.1. The van der Waals surface area contributed by atoms with Crippen molar-refractivity contribution < 1.29 is 4.79 Å². The van der Waals surface area contributed by atoms with Gasteiger partial charge in [-0.2, -0.15) is 0 Å². The van der Waals surface area contributed by atoms with Crippen LogP contribution in [0, 0.1) is 5.41 Å². The maximum atomic E-state index is 12.1. The third kappa shape index (κ3) is 5.50. The Bertz CT molecular complexity index is 457. The van der Waals surface area contributed by atoms with Gasteiger partial charge in [0.1, 0.15) is 0 Å². The van der Waals surface area contributed by atoms with Gasteiger partial charge in [-0.1, -0.05) is 58.9 Å². The lowest BCUT2D eigenvalue weighted by Crippen LogP contribution is -2.40. The van der Waals surface area contributed by atoms with Crippen molar-refractivity contribution in [2.24, 2.45) is 11.1 Å². The highest BCUT2D eigenvalue weighted by Gasteiger charge is 2.23. The quantitative estimate of drug-likeness (QED) is 0.867. The van der Waals surface area contributed by atoms with Crippen LogP contribution >= 0.6 is 0 Å². The van der Waals surface area contributed by atoms with Gasteiger partial charge in [0, 0.05) is 12.5 Å². The van der Waals surface area contributed by atoms with E-state index >= 15 is 0 Å². The summed E-state index contributed by atoms with van der Waals surface area (Å²) >= 11 is 0. The maximum Gasteiger partial charge on any atom is 0.222 e. The zero-order chi connectivity index (χ0) is 16.2. The van der Waals surface area contributed by atoms with E-state index in [2.05, 4.69) is 64.2 Å². The lowest BCUT2D eigenvalue weighted by Gasteiger charge is -2.27. The summed E-state index contributed by atoms with van der Waals surface area (Å²) in [5, 5.41) is 3.03. The van der Waals surface area contributed by atoms with E-state index in [4.69, 9.17) is 5.73 Å². The Labute approximate surface area is 129 Å². The number of nitrogens with one attached hydrogen (secondary N) is 1. The molecular weight excluding hydrogens is 260 g/mol. The van der Waals surface area contributed by atoms with Crippen LogP contribution in [0.15, 0.2) is 24.3 Å². The SMILES string of the molecule is CC(C)c1ccc(C(C)NC(=O)CC(N)C(C)(C)C)cc1. The first-order valence-electron chi connectivity index (χ1n) is 7.76. The van der Waals surface area contributed by atoms with Crippen molar-refractivity contribution in [2.75, 3.05) is 0 Å². The highest BCUT2D eigenvalue weighted by molar-refractivity contribution is 5.77. The predicted molar refractivity (Wildman–Crippen MR) is 89.1 cm³/mol. The number of carbonyl (C=O) groups is 1. The van der Waals surface area contributed by atoms with Gasteiger partial charge in [0.05, 0.1) is 6.04 Å². The summed E-state index contributed by atoms with van der Waals surface area (Å²) in [6.45, 7) is 12.5. The Kier molecular flexibility index (Phi) is 5.97. The normalized spacial score (nSPS) is 14.9. The standard InChI is InChI=1S/C18H30N2O/c1-12(2)14-7-9-15(10-8-14)13(3)20-17(21)11-16(19)18(4,5)6/h7-10,12-13,16H,11,19H2,1-6H3,(H,20,21). The molecule has 0 aliphatic rings. The van der Waals surface area contributed by atoms with Crippen LogP contribution in [0.25, 0.3) is 0 Å². The van der Waals surface area contributed by atoms with Crippen LogP contribution in [0.2, 0.25) is 0 Å². The van der Waals surface area contributed by atoms with Crippen molar-refractivity contribution in [1.82, 2.24) is 5.32 Å². The van der Waals surface area contributed by atoms with E-state index in [1.54, 1.807) is 0 Å². The number of benzene rings is 1. The summed E-state index contributed by atoms with van der Waals surface area (Å²) in [5.41, 5.74) is 8.44. The molecule has 0 saturated carbocycles. The molecule has 3 nitrogen and oxygen atoms in total. The zero-order valence-corrected chi connectivity index (χ0v) is 14.2. The third-order valence-corrected chi connectivity index (χ3v) is 4.00. The van der Waals surface area contributed by atoms with E-state index in [0.717, 1.165) is 5.56 Å². The summed E-state index contributed by atoms with van der Waals surface area (Å²) in [6, 6.07) is 8.31. The van der Waals surface area contributed by atoms with E-state index in [1.165, 1.54) is 5.56 Å². The third-order valence-electron chi connectivity index (χ3n) is 4.00. The number of nitrogens with two attached hydrogens (primary N) is 1. The Morgan fingerprint density at radius 3 is 2.00 bits per heavy atom. The van der Waals surface area contributed by atoms with Crippen molar-refractivity contribution in [1.29, 1.82) is 0 Å². The van der Waals surface area contributed by atoms with Gasteiger partial charge in [0.2, 0.25) is 5.91 Å². The molecular formula is C18H30N2O. The van der Waals surface area contributed by atoms with Crippen molar-refractivity contribution >= 4 is 5.91 Å². The number of rotatable bonds is 5. The number of amides is 1. The van der Waals surface area contributed by atoms with Crippen LogP contribution in [0.4, 0.5) is 0 Å². The van der Waals surface area contributed by atoms with Gasteiger partial charge in [-0.25, -0.2) is 0 Å². The molecule has 1 amide bonds. The fraction of sp³-hybridized carbons (Fsp3) is 0.611. The molecule has 2 atom stereocenters. The smallest absolute Gasteiger partial charge is 0.222 e. The average molecular weight is 290 g/mol. The summed E-state index contributed by atoms with van der Waals surface area (Å²) < 4.78 is 0. The predicted octanol–water partition coefficient (Wildman–Crippen LogP) is 3.75. The van der Waals surface area contributed by atoms with Crippen LogP contribution in [0.5, 0.6) is 0 Å². The Balaban J connectivity index is 2.60. The molecule has 0 heterocycles.